The summed E-state index contributed by atoms with van der Waals surface area (Å²) in [6, 6.07) is 8.54. The lowest BCUT2D eigenvalue weighted by Gasteiger charge is -2.21. The maximum atomic E-state index is 13.1. The van der Waals surface area contributed by atoms with Gasteiger partial charge in [-0.05, 0) is 23.6 Å². The minimum Gasteiger partial charge on any atom is -0.391 e. The molecule has 0 aliphatic heterocycles. The molecule has 0 fully saturated rings. The van der Waals surface area contributed by atoms with Gasteiger partial charge in [-0.1, -0.05) is 30.3 Å². The average molecular weight is 452 g/mol. The monoisotopic (exact) mass is 451 g/mol. The lowest BCUT2D eigenvalue weighted by Crippen LogP contribution is -2.25. The number of fused-ring (bicyclic) bond motifs is 1. The summed E-state index contributed by atoms with van der Waals surface area (Å²) in [6.45, 7) is 3.60. The number of rotatable bonds is 6. The molecule has 0 bridgehead atoms. The van der Waals surface area contributed by atoms with Crippen LogP contribution in [0.3, 0.4) is 0 Å². The molecule has 0 aliphatic rings. The Balaban J connectivity index is 1.90. The van der Waals surface area contributed by atoms with Gasteiger partial charge in [-0.15, -0.1) is 22.7 Å². The first-order chi connectivity index (χ1) is 13.5. The van der Waals surface area contributed by atoms with Crippen molar-refractivity contribution >= 4 is 60.9 Å². The van der Waals surface area contributed by atoms with E-state index < -0.39 is 10.0 Å². The zero-order valence-electron chi connectivity index (χ0n) is 14.3. The molecule has 144 valence electrons. The van der Waals surface area contributed by atoms with Crippen LogP contribution in [0, 0.1) is 0 Å². The van der Waals surface area contributed by atoms with E-state index in [4.69, 9.17) is 11.6 Å². The Morgan fingerprint density at radius 2 is 2.18 bits per heavy atom. The van der Waals surface area contributed by atoms with Crippen LogP contribution in [0.15, 0.2) is 58.9 Å². The molecule has 2 N–H and O–H groups in total. The van der Waals surface area contributed by atoms with Gasteiger partial charge in [0.25, 0.3) is 10.0 Å². The second-order valence-electron chi connectivity index (χ2n) is 5.75. The number of aliphatic hydroxyl groups is 1. The molecule has 10 heteroatoms. The smallest absolute Gasteiger partial charge is 0.277 e. The molecule has 0 aliphatic carbocycles. The predicted molar refractivity (Wildman–Crippen MR) is 115 cm³/mol. The molecular formula is C18H14ClN3O3S3. The van der Waals surface area contributed by atoms with E-state index in [0.717, 1.165) is 25.9 Å². The molecule has 0 radical (unpaired) electrons. The van der Waals surface area contributed by atoms with E-state index in [1.807, 2.05) is 6.07 Å². The third kappa shape index (κ3) is 3.15. The third-order valence-corrected chi connectivity index (χ3v) is 8.45. The Kier molecular flexibility index (Phi) is 5.02. The van der Waals surface area contributed by atoms with Crippen LogP contribution >= 0.6 is 34.3 Å². The van der Waals surface area contributed by atoms with Crippen LogP contribution in [0.2, 0.25) is 5.02 Å². The number of aliphatic hydroxyl groups excluding tert-OH is 1. The number of nitrogens with zero attached hydrogens (tertiary/aromatic N) is 2. The highest BCUT2D eigenvalue weighted by molar-refractivity contribution is 7.94. The molecule has 0 unspecified atom stereocenters. The van der Waals surface area contributed by atoms with E-state index in [2.05, 4.69) is 16.5 Å². The number of nitrogens with one attached hydrogen (secondary N) is 1. The Hall–Kier alpha value is -2.17. The number of anilines is 1. The minimum atomic E-state index is -3.85. The first-order valence-corrected chi connectivity index (χ1v) is 11.5. The number of aromatic amines is 1. The highest BCUT2D eigenvalue weighted by atomic mass is 35.5. The van der Waals surface area contributed by atoms with Crippen molar-refractivity contribution in [1.29, 1.82) is 0 Å². The Morgan fingerprint density at radius 1 is 1.36 bits per heavy atom. The molecule has 4 aromatic rings. The van der Waals surface area contributed by atoms with Crippen LogP contribution in [-0.2, 0) is 16.6 Å². The maximum Gasteiger partial charge on any atom is 0.277 e. The summed E-state index contributed by atoms with van der Waals surface area (Å²) in [5.74, 6) is 0. The lowest BCUT2D eigenvalue weighted by atomic mass is 10.2. The first kappa shape index (κ1) is 19.2. The van der Waals surface area contributed by atoms with E-state index in [9.17, 15) is 13.5 Å². The number of hydrogen-bond acceptors (Lipinski definition) is 6. The second-order valence-corrected chi connectivity index (χ2v) is 10.3. The lowest BCUT2D eigenvalue weighted by molar-refractivity contribution is 0.285. The van der Waals surface area contributed by atoms with Gasteiger partial charge in [0.15, 0.2) is 0 Å². The van der Waals surface area contributed by atoms with Gasteiger partial charge in [0.05, 0.1) is 33.4 Å². The van der Waals surface area contributed by atoms with Crippen molar-refractivity contribution in [2.24, 2.45) is 0 Å². The predicted octanol–water partition coefficient (Wildman–Crippen LogP) is 4.84. The van der Waals surface area contributed by atoms with Crippen LogP contribution in [0.5, 0.6) is 0 Å². The van der Waals surface area contributed by atoms with Gasteiger partial charge in [-0.25, -0.2) is 9.29 Å². The Bertz CT molecular complexity index is 1260. The summed E-state index contributed by atoms with van der Waals surface area (Å²) in [4.78, 5) is 8.26. The van der Waals surface area contributed by atoms with Gasteiger partial charge in [0, 0.05) is 17.8 Å². The SMILES string of the molecule is C=CN(c1c(Cl)ccc2cc(-c3ncc(CO)s3)[nH]c12)S(=O)(=O)c1cccs1. The van der Waals surface area contributed by atoms with Gasteiger partial charge >= 0.3 is 0 Å². The fourth-order valence-electron chi connectivity index (χ4n) is 2.81. The Morgan fingerprint density at radius 3 is 2.82 bits per heavy atom. The molecule has 3 heterocycles. The molecule has 0 atom stereocenters. The largest absolute Gasteiger partial charge is 0.391 e. The average Bonchev–Trinajstić information content (AvgIpc) is 3.43. The summed E-state index contributed by atoms with van der Waals surface area (Å²) in [5, 5.41) is 12.7. The normalized spacial score (nSPS) is 11.8. The van der Waals surface area contributed by atoms with Crippen LogP contribution in [0.1, 0.15) is 4.88 Å². The number of thiazole rings is 1. The van der Waals surface area contributed by atoms with Crippen molar-refractivity contribution in [3.05, 3.63) is 64.6 Å². The minimum absolute atomic E-state index is 0.0850. The van der Waals surface area contributed by atoms with Crippen LogP contribution in [-0.4, -0.2) is 23.5 Å². The van der Waals surface area contributed by atoms with Crippen molar-refractivity contribution in [1.82, 2.24) is 9.97 Å². The summed E-state index contributed by atoms with van der Waals surface area (Å²) >= 11 is 8.89. The summed E-state index contributed by atoms with van der Waals surface area (Å²) < 4.78 is 27.5. The molecule has 0 amide bonds. The maximum absolute atomic E-state index is 13.1. The highest BCUT2D eigenvalue weighted by Gasteiger charge is 2.28. The van der Waals surface area contributed by atoms with E-state index in [0.29, 0.717) is 21.9 Å². The molecule has 28 heavy (non-hydrogen) atoms. The highest BCUT2D eigenvalue weighted by Crippen LogP contribution is 2.40. The van der Waals surface area contributed by atoms with E-state index in [-0.39, 0.29) is 15.8 Å². The number of aromatic nitrogens is 2. The number of sulfonamides is 1. The zero-order valence-corrected chi connectivity index (χ0v) is 17.5. The zero-order chi connectivity index (χ0) is 19.9. The summed E-state index contributed by atoms with van der Waals surface area (Å²) in [5.41, 5.74) is 1.57. The van der Waals surface area contributed by atoms with Gasteiger partial charge in [-0.3, -0.25) is 0 Å². The van der Waals surface area contributed by atoms with Gasteiger partial charge < -0.3 is 10.1 Å². The van der Waals surface area contributed by atoms with Crippen LogP contribution < -0.4 is 4.31 Å². The second kappa shape index (κ2) is 7.34. The van der Waals surface area contributed by atoms with Crippen LogP contribution in [0.4, 0.5) is 5.69 Å². The number of hydrogen-bond donors (Lipinski definition) is 2. The van der Waals surface area contributed by atoms with E-state index in [1.165, 1.54) is 23.6 Å². The topological polar surface area (TPSA) is 86.3 Å². The van der Waals surface area contributed by atoms with Crippen molar-refractivity contribution in [3.63, 3.8) is 0 Å². The standard InChI is InChI=1S/C18H14ClN3O3S3/c1-2-22(28(24,25)15-4-3-7-26-15)17-13(19)6-5-11-8-14(21-16(11)17)18-20-9-12(10-23)27-18/h2-9,21,23H,1,10H2. The molecule has 1 aromatic carbocycles. The fourth-order valence-corrected chi connectivity index (χ4v) is 6.27. The number of benzene rings is 1. The first-order valence-electron chi connectivity index (χ1n) is 8.03. The summed E-state index contributed by atoms with van der Waals surface area (Å²) in [7, 11) is -3.85. The van der Waals surface area contributed by atoms with Crippen molar-refractivity contribution in [2.45, 2.75) is 10.8 Å². The third-order valence-electron chi connectivity index (χ3n) is 4.05. The molecular weight excluding hydrogens is 438 g/mol. The van der Waals surface area contributed by atoms with Gasteiger partial charge in [0.1, 0.15) is 9.22 Å². The van der Waals surface area contributed by atoms with Crippen LogP contribution in [0.25, 0.3) is 21.6 Å². The molecule has 4 rings (SSSR count). The molecule has 0 saturated heterocycles. The van der Waals surface area contributed by atoms with Crippen molar-refractivity contribution in [3.8, 4) is 10.7 Å². The van der Waals surface area contributed by atoms with Gasteiger partial charge in [0.2, 0.25) is 0 Å². The van der Waals surface area contributed by atoms with E-state index in [1.54, 1.807) is 29.8 Å². The quantitative estimate of drug-likeness (QED) is 0.439. The fraction of sp³-hybridized carbons (Fsp3) is 0.0556. The molecule has 0 spiro atoms. The Labute approximate surface area is 174 Å². The van der Waals surface area contributed by atoms with E-state index >= 15 is 0 Å². The van der Waals surface area contributed by atoms with Gasteiger partial charge in [-0.2, -0.15) is 8.42 Å². The molecule has 0 saturated carbocycles. The number of thiophene rings is 1. The summed E-state index contributed by atoms with van der Waals surface area (Å²) in [6.07, 6.45) is 2.85. The number of H-pyrrole nitrogens is 1. The molecule has 6 nitrogen and oxygen atoms in total. The molecule has 3 aromatic heterocycles. The van der Waals surface area contributed by atoms with Crippen molar-refractivity contribution < 1.29 is 13.5 Å². The number of halogens is 1. The van der Waals surface area contributed by atoms with Crippen molar-refractivity contribution in [2.75, 3.05) is 4.31 Å².